The van der Waals surface area contributed by atoms with Gasteiger partial charge in [-0.3, -0.25) is 0 Å². The van der Waals surface area contributed by atoms with Crippen LogP contribution in [0.3, 0.4) is 0 Å². The number of methoxy groups -OCH3 is 3. The van der Waals surface area contributed by atoms with Crippen LogP contribution in [0.1, 0.15) is 5.56 Å². The van der Waals surface area contributed by atoms with Gasteiger partial charge in [0.15, 0.2) is 0 Å². The number of urea groups is 1. The van der Waals surface area contributed by atoms with Crippen molar-refractivity contribution in [2.45, 2.75) is 6.54 Å². The summed E-state index contributed by atoms with van der Waals surface area (Å²) in [5.41, 5.74) is 1.46. The lowest BCUT2D eigenvalue weighted by Gasteiger charge is -2.14. The molecule has 0 fully saturated rings. The van der Waals surface area contributed by atoms with Crippen LogP contribution in [0.2, 0.25) is 0 Å². The number of hydrogen-bond donors (Lipinski definition) is 2. The van der Waals surface area contributed by atoms with Gasteiger partial charge in [0.1, 0.15) is 22.9 Å². The molecule has 122 valence electrons. The molecule has 0 unspecified atom stereocenters. The molecule has 0 aromatic heterocycles. The molecule has 0 atom stereocenters. The van der Waals surface area contributed by atoms with E-state index in [1.807, 2.05) is 24.3 Å². The number of ether oxygens (including phenoxy) is 3. The van der Waals surface area contributed by atoms with Crippen molar-refractivity contribution in [1.82, 2.24) is 5.32 Å². The van der Waals surface area contributed by atoms with E-state index in [2.05, 4.69) is 10.6 Å². The number of hydrogen-bond acceptors (Lipinski definition) is 4. The summed E-state index contributed by atoms with van der Waals surface area (Å²) < 4.78 is 15.6. The van der Waals surface area contributed by atoms with E-state index in [1.165, 1.54) is 14.2 Å². The average molecular weight is 316 g/mol. The molecule has 6 heteroatoms. The molecule has 0 spiro atoms. The molecule has 0 radical (unpaired) electrons. The van der Waals surface area contributed by atoms with Gasteiger partial charge in [-0.2, -0.15) is 0 Å². The van der Waals surface area contributed by atoms with Crippen molar-refractivity contribution in [3.63, 3.8) is 0 Å². The molecule has 2 rings (SSSR count). The van der Waals surface area contributed by atoms with Gasteiger partial charge in [0.05, 0.1) is 21.3 Å². The van der Waals surface area contributed by atoms with Crippen molar-refractivity contribution in [2.75, 3.05) is 26.6 Å². The molecule has 2 N–H and O–H groups in total. The second-order valence-electron chi connectivity index (χ2n) is 4.69. The summed E-state index contributed by atoms with van der Waals surface area (Å²) >= 11 is 0. The number of amides is 2. The standard InChI is InChI=1S/C17H20N2O4/c1-21-13-9-7-12(8-10-13)11-18-17(20)19-16-14(22-2)5-4-6-15(16)23-3/h4-10H,11H2,1-3H3,(H2,18,19,20). The molecule has 2 amide bonds. The third-order valence-electron chi connectivity index (χ3n) is 3.28. The van der Waals surface area contributed by atoms with Crippen LogP contribution in [0, 0.1) is 0 Å². The third kappa shape index (κ3) is 4.29. The number of rotatable bonds is 6. The maximum absolute atomic E-state index is 12.1. The van der Waals surface area contributed by atoms with Gasteiger partial charge < -0.3 is 24.8 Å². The molecular weight excluding hydrogens is 296 g/mol. The Balaban J connectivity index is 1.99. The highest BCUT2D eigenvalue weighted by Gasteiger charge is 2.12. The summed E-state index contributed by atoms with van der Waals surface area (Å²) in [6.07, 6.45) is 0. The van der Waals surface area contributed by atoms with Crippen LogP contribution in [0.15, 0.2) is 42.5 Å². The van der Waals surface area contributed by atoms with Crippen LogP contribution < -0.4 is 24.8 Å². The van der Waals surface area contributed by atoms with Crippen LogP contribution in [-0.2, 0) is 6.54 Å². The van der Waals surface area contributed by atoms with E-state index in [-0.39, 0.29) is 6.03 Å². The first-order valence-corrected chi connectivity index (χ1v) is 7.06. The zero-order valence-electron chi connectivity index (χ0n) is 13.4. The fourth-order valence-electron chi connectivity index (χ4n) is 2.06. The summed E-state index contributed by atoms with van der Waals surface area (Å²) in [5.74, 6) is 1.84. The average Bonchev–Trinajstić information content (AvgIpc) is 2.60. The Labute approximate surface area is 135 Å². The molecular formula is C17H20N2O4. The fraction of sp³-hybridized carbons (Fsp3) is 0.235. The maximum Gasteiger partial charge on any atom is 0.319 e. The van der Waals surface area contributed by atoms with Gasteiger partial charge >= 0.3 is 6.03 Å². The minimum absolute atomic E-state index is 0.344. The highest BCUT2D eigenvalue weighted by molar-refractivity contribution is 5.92. The number of para-hydroxylation sites is 1. The van der Waals surface area contributed by atoms with Crippen LogP contribution in [0.4, 0.5) is 10.5 Å². The molecule has 0 aliphatic rings. The molecule has 0 aliphatic heterocycles. The van der Waals surface area contributed by atoms with Gasteiger partial charge in [-0.05, 0) is 29.8 Å². The zero-order chi connectivity index (χ0) is 16.7. The van der Waals surface area contributed by atoms with Gasteiger partial charge in [-0.15, -0.1) is 0 Å². The van der Waals surface area contributed by atoms with Gasteiger partial charge in [0.2, 0.25) is 0 Å². The van der Waals surface area contributed by atoms with Crippen molar-refractivity contribution >= 4 is 11.7 Å². The summed E-state index contributed by atoms with van der Waals surface area (Å²) in [7, 11) is 4.69. The monoisotopic (exact) mass is 316 g/mol. The minimum Gasteiger partial charge on any atom is -0.497 e. The normalized spacial score (nSPS) is 9.87. The quantitative estimate of drug-likeness (QED) is 0.859. The third-order valence-corrected chi connectivity index (χ3v) is 3.28. The van der Waals surface area contributed by atoms with Crippen LogP contribution in [0.25, 0.3) is 0 Å². The first-order chi connectivity index (χ1) is 11.2. The topological polar surface area (TPSA) is 68.8 Å². The molecule has 0 heterocycles. The van der Waals surface area contributed by atoms with E-state index in [0.29, 0.717) is 23.7 Å². The lowest BCUT2D eigenvalue weighted by atomic mass is 10.2. The molecule has 0 saturated carbocycles. The molecule has 0 aliphatic carbocycles. The van der Waals surface area contributed by atoms with Crippen LogP contribution in [0.5, 0.6) is 17.2 Å². The molecule has 6 nitrogen and oxygen atoms in total. The number of carbonyl (C=O) groups excluding carboxylic acids is 1. The summed E-state index contributed by atoms with van der Waals surface area (Å²) in [4.78, 5) is 12.1. The van der Waals surface area contributed by atoms with Crippen molar-refractivity contribution in [3.8, 4) is 17.2 Å². The molecule has 0 bridgehead atoms. The number of nitrogens with one attached hydrogen (secondary N) is 2. The predicted molar refractivity (Wildman–Crippen MR) is 88.4 cm³/mol. The highest BCUT2D eigenvalue weighted by Crippen LogP contribution is 2.33. The smallest absolute Gasteiger partial charge is 0.319 e. The number of carbonyl (C=O) groups is 1. The fourth-order valence-corrected chi connectivity index (χ4v) is 2.06. The Kier molecular flexibility index (Phi) is 5.68. The summed E-state index contributed by atoms with van der Waals surface area (Å²) in [6, 6.07) is 12.4. The second-order valence-corrected chi connectivity index (χ2v) is 4.69. The van der Waals surface area contributed by atoms with E-state index in [9.17, 15) is 4.79 Å². The van der Waals surface area contributed by atoms with E-state index >= 15 is 0 Å². The van der Waals surface area contributed by atoms with Gasteiger partial charge in [-0.1, -0.05) is 18.2 Å². The Morgan fingerprint density at radius 2 is 1.52 bits per heavy atom. The molecule has 23 heavy (non-hydrogen) atoms. The molecule has 2 aromatic carbocycles. The van der Waals surface area contributed by atoms with E-state index in [1.54, 1.807) is 25.3 Å². The summed E-state index contributed by atoms with van der Waals surface area (Å²) in [5, 5.41) is 5.53. The SMILES string of the molecule is COc1ccc(CNC(=O)Nc2c(OC)cccc2OC)cc1. The molecule has 2 aromatic rings. The van der Waals surface area contributed by atoms with Crippen molar-refractivity contribution < 1.29 is 19.0 Å². The van der Waals surface area contributed by atoms with Gasteiger partial charge in [0.25, 0.3) is 0 Å². The van der Waals surface area contributed by atoms with Gasteiger partial charge in [-0.25, -0.2) is 4.79 Å². The predicted octanol–water partition coefficient (Wildman–Crippen LogP) is 3.03. The first-order valence-electron chi connectivity index (χ1n) is 7.06. The number of benzene rings is 2. The molecule has 0 saturated heterocycles. The van der Waals surface area contributed by atoms with Gasteiger partial charge in [0, 0.05) is 6.54 Å². The van der Waals surface area contributed by atoms with E-state index < -0.39 is 0 Å². The maximum atomic E-state index is 12.1. The largest absolute Gasteiger partial charge is 0.497 e. The Morgan fingerprint density at radius 3 is 2.04 bits per heavy atom. The lowest BCUT2D eigenvalue weighted by molar-refractivity contribution is 0.251. The van der Waals surface area contributed by atoms with Crippen molar-refractivity contribution in [2.24, 2.45) is 0 Å². The Bertz CT molecular complexity index is 634. The Hall–Kier alpha value is -2.89. The van der Waals surface area contributed by atoms with E-state index in [4.69, 9.17) is 14.2 Å². The van der Waals surface area contributed by atoms with Crippen LogP contribution in [-0.4, -0.2) is 27.4 Å². The van der Waals surface area contributed by atoms with E-state index in [0.717, 1.165) is 11.3 Å². The zero-order valence-corrected chi connectivity index (χ0v) is 13.4. The minimum atomic E-state index is -0.344. The highest BCUT2D eigenvalue weighted by atomic mass is 16.5. The first kappa shape index (κ1) is 16.5. The number of anilines is 1. The van der Waals surface area contributed by atoms with Crippen molar-refractivity contribution in [3.05, 3.63) is 48.0 Å². The lowest BCUT2D eigenvalue weighted by Crippen LogP contribution is -2.28. The summed E-state index contributed by atoms with van der Waals surface area (Å²) in [6.45, 7) is 0.396. The van der Waals surface area contributed by atoms with Crippen molar-refractivity contribution in [1.29, 1.82) is 0 Å². The second kappa shape index (κ2) is 7.93. The van der Waals surface area contributed by atoms with Crippen LogP contribution >= 0.6 is 0 Å². The Morgan fingerprint density at radius 1 is 0.913 bits per heavy atom.